The lowest BCUT2D eigenvalue weighted by Crippen LogP contribution is -2.47. The van der Waals surface area contributed by atoms with Crippen molar-refractivity contribution in [1.82, 2.24) is 4.90 Å². The summed E-state index contributed by atoms with van der Waals surface area (Å²) in [6, 6.07) is 8.35. The molecule has 1 aromatic rings. The molecular weight excluding hydrogens is 304 g/mol. The fourth-order valence-corrected chi connectivity index (χ4v) is 5.61. The quantitative estimate of drug-likeness (QED) is 0.857. The third kappa shape index (κ3) is 4.45. The van der Waals surface area contributed by atoms with Crippen molar-refractivity contribution in [2.45, 2.75) is 25.3 Å². The van der Waals surface area contributed by atoms with Crippen molar-refractivity contribution in [3.63, 3.8) is 0 Å². The Labute approximate surface area is 132 Å². The summed E-state index contributed by atoms with van der Waals surface area (Å²) >= 11 is 1.73. The van der Waals surface area contributed by atoms with Gasteiger partial charge >= 0.3 is 0 Å². The van der Waals surface area contributed by atoms with Crippen LogP contribution in [-0.2, 0) is 22.8 Å². The van der Waals surface area contributed by atoms with Gasteiger partial charge in [0.25, 0.3) is 0 Å². The highest BCUT2D eigenvalue weighted by atomic mass is 32.2. The second kappa shape index (κ2) is 7.63. The van der Waals surface area contributed by atoms with E-state index in [1.165, 1.54) is 11.1 Å². The highest BCUT2D eigenvalue weighted by Crippen LogP contribution is 2.23. The maximum absolute atomic E-state index is 12.2. The van der Waals surface area contributed by atoms with Crippen molar-refractivity contribution >= 4 is 21.6 Å². The molecule has 4 nitrogen and oxygen atoms in total. The van der Waals surface area contributed by atoms with Gasteiger partial charge in [-0.25, -0.2) is 8.42 Å². The summed E-state index contributed by atoms with van der Waals surface area (Å²) in [5, 5.41) is -0.343. The van der Waals surface area contributed by atoms with Crippen molar-refractivity contribution in [2.75, 3.05) is 30.3 Å². The summed E-state index contributed by atoms with van der Waals surface area (Å²) in [5.74, 6) is 1.90. The summed E-state index contributed by atoms with van der Waals surface area (Å²) in [4.78, 5) is 2.10. The standard InChI is InChI=1S/C15H24N2O2S2/c1-2-21(18,19)15-12-20-10-9-17(15)11-14-5-3-13(4-6-14)7-8-16/h3-6,15H,2,7-12,16H2,1H3. The first-order chi connectivity index (χ1) is 10.1. The van der Waals surface area contributed by atoms with Crippen LogP contribution >= 0.6 is 11.8 Å². The zero-order valence-corrected chi connectivity index (χ0v) is 14.1. The first kappa shape index (κ1) is 16.8. The number of thioether (sulfide) groups is 1. The smallest absolute Gasteiger partial charge is 0.166 e. The van der Waals surface area contributed by atoms with Gasteiger partial charge in [-0.1, -0.05) is 31.2 Å². The van der Waals surface area contributed by atoms with Gasteiger partial charge in [-0.3, -0.25) is 4.90 Å². The lowest BCUT2D eigenvalue weighted by Gasteiger charge is -2.34. The van der Waals surface area contributed by atoms with Crippen LogP contribution in [0, 0.1) is 0 Å². The molecular formula is C15H24N2O2S2. The molecule has 1 unspecified atom stereocenters. The molecule has 118 valence electrons. The summed E-state index contributed by atoms with van der Waals surface area (Å²) in [6.45, 7) is 3.92. The Morgan fingerprint density at radius 2 is 1.95 bits per heavy atom. The first-order valence-electron chi connectivity index (χ1n) is 7.38. The molecule has 0 saturated carbocycles. The van der Waals surface area contributed by atoms with Gasteiger partial charge in [0, 0.05) is 30.3 Å². The Balaban J connectivity index is 2.08. The Bertz CT molecular complexity index is 543. The summed E-state index contributed by atoms with van der Waals surface area (Å²) < 4.78 is 24.5. The van der Waals surface area contributed by atoms with Crippen molar-refractivity contribution < 1.29 is 8.42 Å². The average Bonchev–Trinajstić information content (AvgIpc) is 2.50. The van der Waals surface area contributed by atoms with Gasteiger partial charge in [-0.15, -0.1) is 0 Å². The Hall–Kier alpha value is -0.560. The SMILES string of the molecule is CCS(=O)(=O)C1CSCCN1Cc1ccc(CCN)cc1. The van der Waals surface area contributed by atoms with E-state index in [1.54, 1.807) is 18.7 Å². The zero-order chi connectivity index (χ0) is 15.3. The van der Waals surface area contributed by atoms with Gasteiger partial charge < -0.3 is 5.73 Å². The summed E-state index contributed by atoms with van der Waals surface area (Å²) in [5.41, 5.74) is 7.95. The number of rotatable bonds is 6. The second-order valence-corrected chi connectivity index (χ2v) is 8.90. The van der Waals surface area contributed by atoms with E-state index in [0.717, 1.165) is 18.7 Å². The van der Waals surface area contributed by atoms with Crippen LogP contribution in [0.2, 0.25) is 0 Å². The van der Waals surface area contributed by atoms with Crippen LogP contribution < -0.4 is 5.73 Å². The molecule has 1 aliphatic rings. The zero-order valence-electron chi connectivity index (χ0n) is 12.5. The number of hydrogen-bond acceptors (Lipinski definition) is 5. The van der Waals surface area contributed by atoms with Crippen LogP contribution in [0.4, 0.5) is 0 Å². The van der Waals surface area contributed by atoms with Crippen LogP contribution in [0.25, 0.3) is 0 Å². The molecule has 0 spiro atoms. The number of nitrogens with two attached hydrogens (primary N) is 1. The molecule has 0 aliphatic carbocycles. The van der Waals surface area contributed by atoms with E-state index in [0.29, 0.717) is 18.8 Å². The minimum atomic E-state index is -3.02. The Kier molecular flexibility index (Phi) is 6.10. The average molecular weight is 329 g/mol. The molecule has 1 fully saturated rings. The van der Waals surface area contributed by atoms with Crippen molar-refractivity contribution in [2.24, 2.45) is 5.73 Å². The number of sulfone groups is 1. The maximum Gasteiger partial charge on any atom is 0.166 e. The molecule has 1 aromatic carbocycles. The Morgan fingerprint density at radius 1 is 1.29 bits per heavy atom. The molecule has 0 bridgehead atoms. The van der Waals surface area contributed by atoms with Gasteiger partial charge in [0.05, 0.1) is 0 Å². The molecule has 1 heterocycles. The number of benzene rings is 1. The van der Waals surface area contributed by atoms with Crippen LogP contribution in [0.3, 0.4) is 0 Å². The van der Waals surface area contributed by atoms with Crippen molar-refractivity contribution in [3.8, 4) is 0 Å². The van der Waals surface area contributed by atoms with E-state index < -0.39 is 9.84 Å². The van der Waals surface area contributed by atoms with Gasteiger partial charge in [-0.05, 0) is 24.1 Å². The Morgan fingerprint density at radius 3 is 2.57 bits per heavy atom. The molecule has 0 aromatic heterocycles. The lowest BCUT2D eigenvalue weighted by molar-refractivity contribution is 0.261. The van der Waals surface area contributed by atoms with E-state index in [2.05, 4.69) is 29.2 Å². The molecule has 1 atom stereocenters. The summed E-state index contributed by atoms with van der Waals surface area (Å²) in [6.07, 6.45) is 0.882. The van der Waals surface area contributed by atoms with E-state index in [9.17, 15) is 8.42 Å². The van der Waals surface area contributed by atoms with E-state index in [1.807, 2.05) is 0 Å². The monoisotopic (exact) mass is 328 g/mol. The van der Waals surface area contributed by atoms with E-state index >= 15 is 0 Å². The van der Waals surface area contributed by atoms with E-state index in [4.69, 9.17) is 5.73 Å². The molecule has 21 heavy (non-hydrogen) atoms. The molecule has 2 rings (SSSR count). The molecule has 6 heteroatoms. The van der Waals surface area contributed by atoms with E-state index in [-0.39, 0.29) is 11.1 Å². The number of hydrogen-bond donors (Lipinski definition) is 1. The van der Waals surface area contributed by atoms with Crippen molar-refractivity contribution in [3.05, 3.63) is 35.4 Å². The molecule has 2 N–H and O–H groups in total. The van der Waals surface area contributed by atoms with Gasteiger partial charge in [0.15, 0.2) is 9.84 Å². The fourth-order valence-electron chi connectivity index (χ4n) is 2.53. The lowest BCUT2D eigenvalue weighted by atomic mass is 10.1. The second-order valence-electron chi connectivity index (χ2n) is 5.31. The van der Waals surface area contributed by atoms with Gasteiger partial charge in [0.2, 0.25) is 0 Å². The third-order valence-corrected chi connectivity index (χ3v) is 7.18. The summed E-state index contributed by atoms with van der Waals surface area (Å²) in [7, 11) is -3.02. The minimum Gasteiger partial charge on any atom is -0.330 e. The van der Waals surface area contributed by atoms with Gasteiger partial charge in [0.1, 0.15) is 5.37 Å². The van der Waals surface area contributed by atoms with Crippen LogP contribution in [0.15, 0.2) is 24.3 Å². The molecule has 0 amide bonds. The van der Waals surface area contributed by atoms with Crippen LogP contribution in [0.5, 0.6) is 0 Å². The van der Waals surface area contributed by atoms with Gasteiger partial charge in [-0.2, -0.15) is 11.8 Å². The fraction of sp³-hybridized carbons (Fsp3) is 0.600. The molecule has 1 aliphatic heterocycles. The highest BCUT2D eigenvalue weighted by Gasteiger charge is 2.32. The molecule has 0 radical (unpaired) electrons. The highest BCUT2D eigenvalue weighted by molar-refractivity contribution is 8.01. The van der Waals surface area contributed by atoms with Crippen molar-refractivity contribution in [1.29, 1.82) is 0 Å². The maximum atomic E-state index is 12.2. The first-order valence-corrected chi connectivity index (χ1v) is 10.2. The largest absolute Gasteiger partial charge is 0.330 e. The van der Waals surface area contributed by atoms with Crippen LogP contribution in [0.1, 0.15) is 18.1 Å². The van der Waals surface area contributed by atoms with Crippen LogP contribution in [-0.4, -0.2) is 49.0 Å². The molecule has 1 saturated heterocycles. The predicted octanol–water partition coefficient (Wildman–Crippen LogP) is 1.50. The normalized spacial score (nSPS) is 20.6. The third-order valence-electron chi connectivity index (χ3n) is 3.85. The minimum absolute atomic E-state index is 0.212. The predicted molar refractivity (Wildman–Crippen MR) is 90.2 cm³/mol. The topological polar surface area (TPSA) is 63.4 Å². The number of nitrogens with zero attached hydrogens (tertiary/aromatic N) is 1.